The summed E-state index contributed by atoms with van der Waals surface area (Å²) in [6.45, 7) is 0. The van der Waals surface area contributed by atoms with Gasteiger partial charge in [0.15, 0.2) is 0 Å². The Morgan fingerprint density at radius 3 is 2.87 bits per heavy atom. The lowest BCUT2D eigenvalue weighted by Gasteiger charge is -1.98. The van der Waals surface area contributed by atoms with Crippen LogP contribution in [0.15, 0.2) is 6.07 Å². The normalized spacial score (nSPS) is 9.20. The van der Waals surface area contributed by atoms with Crippen LogP contribution in [0, 0.1) is 22.0 Å². The van der Waals surface area contributed by atoms with Crippen LogP contribution in [0.5, 0.6) is 0 Å². The van der Waals surface area contributed by atoms with Gasteiger partial charge in [0.2, 0.25) is 5.82 Å². The highest BCUT2D eigenvalue weighted by Gasteiger charge is 2.15. The molecule has 78 valence electrons. The molecule has 0 saturated carbocycles. The third-order valence-corrected chi connectivity index (χ3v) is 1.89. The highest BCUT2D eigenvalue weighted by Crippen LogP contribution is 2.24. The molecule has 15 heavy (non-hydrogen) atoms. The van der Waals surface area contributed by atoms with E-state index in [1.807, 2.05) is 0 Å². The van der Waals surface area contributed by atoms with Crippen molar-refractivity contribution in [2.24, 2.45) is 0 Å². The highest BCUT2D eigenvalue weighted by molar-refractivity contribution is 6.30. The van der Waals surface area contributed by atoms with Gasteiger partial charge in [-0.1, -0.05) is 23.4 Å². The third kappa shape index (κ3) is 2.72. The number of aromatic nitrogens is 1. The Kier molecular flexibility index (Phi) is 3.72. The maximum atomic E-state index is 10.5. The van der Waals surface area contributed by atoms with E-state index in [9.17, 15) is 10.1 Å². The van der Waals surface area contributed by atoms with Crippen LogP contribution in [0.25, 0.3) is 0 Å². The van der Waals surface area contributed by atoms with Gasteiger partial charge in [-0.3, -0.25) is 10.1 Å². The topological polar surface area (TPSA) is 82.0 Å². The fourth-order valence-electron chi connectivity index (χ4n) is 0.856. The first-order valence-electron chi connectivity index (χ1n) is 3.71. The average molecular weight is 246 g/mol. The summed E-state index contributed by atoms with van der Waals surface area (Å²) in [6, 6.07) is 1.17. The maximum absolute atomic E-state index is 10.5. The zero-order valence-corrected chi connectivity index (χ0v) is 8.84. The molecule has 0 fully saturated rings. The second-order valence-electron chi connectivity index (χ2n) is 2.42. The van der Waals surface area contributed by atoms with E-state index in [1.165, 1.54) is 6.07 Å². The van der Waals surface area contributed by atoms with Gasteiger partial charge in [0.05, 0.1) is 16.4 Å². The van der Waals surface area contributed by atoms with E-state index in [1.54, 1.807) is 0 Å². The molecule has 0 unspecified atom stereocenters. The smallest absolute Gasteiger partial charge is 0.312 e. The number of nitrogens with two attached hydrogens (primary N) is 1. The fraction of sp³-hybridized carbons (Fsp3) is 0.125. The van der Waals surface area contributed by atoms with Crippen LogP contribution in [0.4, 0.5) is 11.5 Å². The van der Waals surface area contributed by atoms with Gasteiger partial charge in [-0.15, -0.1) is 11.6 Å². The first-order chi connectivity index (χ1) is 7.06. The number of pyridine rings is 1. The SMILES string of the molecule is Nc1nc(Cl)c(C#CCCl)cc1[N+](=O)[O-]. The van der Waals surface area contributed by atoms with Crippen LogP contribution in [0.2, 0.25) is 5.15 Å². The molecule has 7 heteroatoms. The number of nitrogens with zero attached hydrogens (tertiary/aromatic N) is 2. The van der Waals surface area contributed by atoms with Crippen molar-refractivity contribution in [2.75, 3.05) is 11.6 Å². The molecule has 0 amide bonds. The lowest BCUT2D eigenvalue weighted by molar-refractivity contribution is -0.384. The van der Waals surface area contributed by atoms with E-state index in [2.05, 4.69) is 16.8 Å². The fourth-order valence-corrected chi connectivity index (χ4v) is 1.12. The molecular weight excluding hydrogens is 241 g/mol. The minimum atomic E-state index is -0.648. The summed E-state index contributed by atoms with van der Waals surface area (Å²) in [4.78, 5) is 13.5. The number of hydrogen-bond donors (Lipinski definition) is 1. The van der Waals surface area contributed by atoms with Crippen LogP contribution in [-0.4, -0.2) is 15.8 Å². The summed E-state index contributed by atoms with van der Waals surface area (Å²) in [5.74, 6) is 4.94. The number of nitro groups is 1. The standard InChI is InChI=1S/C8H5Cl2N3O2/c9-3-1-2-5-4-6(13(14)15)8(11)12-7(5)10/h4H,3H2,(H2,11,12). The summed E-state index contributed by atoms with van der Waals surface area (Å²) < 4.78 is 0. The second-order valence-corrected chi connectivity index (χ2v) is 3.05. The Morgan fingerprint density at radius 1 is 1.67 bits per heavy atom. The van der Waals surface area contributed by atoms with Crippen molar-refractivity contribution in [1.82, 2.24) is 4.98 Å². The van der Waals surface area contributed by atoms with E-state index in [4.69, 9.17) is 28.9 Å². The Morgan fingerprint density at radius 2 is 2.33 bits per heavy atom. The van der Waals surface area contributed by atoms with Gasteiger partial charge in [-0.05, 0) is 0 Å². The molecule has 1 aromatic rings. The molecule has 0 atom stereocenters. The van der Waals surface area contributed by atoms with Crippen molar-refractivity contribution in [1.29, 1.82) is 0 Å². The Hall–Kier alpha value is -1.51. The first-order valence-corrected chi connectivity index (χ1v) is 4.62. The first kappa shape index (κ1) is 11.6. The molecule has 0 aliphatic carbocycles. The molecule has 1 heterocycles. The molecule has 0 aliphatic rings. The van der Waals surface area contributed by atoms with E-state index >= 15 is 0 Å². The van der Waals surface area contributed by atoms with Crippen LogP contribution in [-0.2, 0) is 0 Å². The third-order valence-electron chi connectivity index (χ3n) is 1.47. The molecule has 0 saturated heterocycles. The van der Waals surface area contributed by atoms with Crippen molar-refractivity contribution in [3.05, 3.63) is 26.9 Å². The molecule has 0 spiro atoms. The molecule has 0 aliphatic heterocycles. The zero-order chi connectivity index (χ0) is 11.4. The van der Waals surface area contributed by atoms with Gasteiger partial charge in [0.1, 0.15) is 5.15 Å². The summed E-state index contributed by atoms with van der Waals surface area (Å²) >= 11 is 11.0. The summed E-state index contributed by atoms with van der Waals surface area (Å²) in [7, 11) is 0. The molecule has 0 bridgehead atoms. The predicted octanol–water partition coefficient (Wildman–Crippen LogP) is 1.82. The summed E-state index contributed by atoms with van der Waals surface area (Å²) in [5, 5.41) is 10.6. The number of alkyl halides is 1. The molecule has 1 rings (SSSR count). The largest absolute Gasteiger partial charge is 0.378 e. The van der Waals surface area contributed by atoms with E-state index in [0.717, 1.165) is 0 Å². The van der Waals surface area contributed by atoms with E-state index < -0.39 is 4.92 Å². The van der Waals surface area contributed by atoms with Crippen LogP contribution >= 0.6 is 23.2 Å². The van der Waals surface area contributed by atoms with Crippen LogP contribution < -0.4 is 5.73 Å². The minimum absolute atomic E-state index is 0.0238. The number of hydrogen-bond acceptors (Lipinski definition) is 4. The maximum Gasteiger partial charge on any atom is 0.312 e. The number of halogens is 2. The van der Waals surface area contributed by atoms with Crippen molar-refractivity contribution < 1.29 is 4.92 Å². The molecule has 1 aromatic heterocycles. The number of nitrogen functional groups attached to an aromatic ring is 1. The number of rotatable bonds is 1. The van der Waals surface area contributed by atoms with Crippen molar-refractivity contribution in [3.8, 4) is 11.8 Å². The molecule has 0 aromatic carbocycles. The Labute approximate surface area is 95.3 Å². The van der Waals surface area contributed by atoms with Gasteiger partial charge in [0, 0.05) is 6.07 Å². The summed E-state index contributed by atoms with van der Waals surface area (Å²) in [6.07, 6.45) is 0. The van der Waals surface area contributed by atoms with E-state index in [0.29, 0.717) is 0 Å². The quantitative estimate of drug-likeness (QED) is 0.269. The van der Waals surface area contributed by atoms with Crippen molar-refractivity contribution >= 4 is 34.7 Å². The highest BCUT2D eigenvalue weighted by atomic mass is 35.5. The zero-order valence-electron chi connectivity index (χ0n) is 7.33. The van der Waals surface area contributed by atoms with Gasteiger partial charge in [-0.25, -0.2) is 4.98 Å². The monoisotopic (exact) mass is 245 g/mol. The summed E-state index contributed by atoms with van der Waals surface area (Å²) in [5.41, 5.74) is 5.22. The number of anilines is 1. The van der Waals surface area contributed by atoms with Crippen molar-refractivity contribution in [3.63, 3.8) is 0 Å². The Balaban J connectivity index is 3.29. The lowest BCUT2D eigenvalue weighted by Crippen LogP contribution is -2.00. The average Bonchev–Trinajstić information content (AvgIpc) is 2.16. The molecule has 5 nitrogen and oxygen atoms in total. The molecule has 0 radical (unpaired) electrons. The van der Waals surface area contributed by atoms with Gasteiger partial charge in [-0.2, -0.15) is 0 Å². The van der Waals surface area contributed by atoms with Gasteiger partial charge in [0.25, 0.3) is 0 Å². The van der Waals surface area contributed by atoms with Crippen LogP contribution in [0.1, 0.15) is 5.56 Å². The van der Waals surface area contributed by atoms with Gasteiger partial charge < -0.3 is 5.73 Å². The second kappa shape index (κ2) is 4.82. The lowest BCUT2D eigenvalue weighted by atomic mass is 10.2. The predicted molar refractivity (Wildman–Crippen MR) is 57.9 cm³/mol. The Bertz CT molecular complexity index is 465. The van der Waals surface area contributed by atoms with Crippen LogP contribution in [0.3, 0.4) is 0 Å². The van der Waals surface area contributed by atoms with E-state index in [-0.39, 0.29) is 28.1 Å². The minimum Gasteiger partial charge on any atom is -0.378 e. The molecular formula is C8H5Cl2N3O2. The van der Waals surface area contributed by atoms with Crippen molar-refractivity contribution in [2.45, 2.75) is 0 Å². The van der Waals surface area contributed by atoms with Gasteiger partial charge >= 0.3 is 5.69 Å². The molecule has 2 N–H and O–H groups in total.